The first-order chi connectivity index (χ1) is 20.0. The lowest BCUT2D eigenvalue weighted by Crippen LogP contribution is -2.59. The Morgan fingerprint density at radius 3 is 1.65 bits per heavy atom. The second kappa shape index (κ2) is 18.0. The predicted molar refractivity (Wildman–Crippen MR) is 152 cm³/mol. The highest BCUT2D eigenvalue weighted by molar-refractivity contribution is 5.96. The number of aliphatic hydroxyl groups is 1. The van der Waals surface area contributed by atoms with E-state index in [2.05, 4.69) is 26.6 Å². The van der Waals surface area contributed by atoms with Gasteiger partial charge in [-0.1, -0.05) is 27.7 Å². The molecule has 0 aliphatic carbocycles. The first-order valence-corrected chi connectivity index (χ1v) is 14.4. The summed E-state index contributed by atoms with van der Waals surface area (Å²) in [4.78, 5) is 86.4. The summed E-state index contributed by atoms with van der Waals surface area (Å²) in [7, 11) is 0. The van der Waals surface area contributed by atoms with Crippen LogP contribution in [0.3, 0.4) is 0 Å². The Kier molecular flexibility index (Phi) is 15.6. The van der Waals surface area contributed by atoms with Crippen LogP contribution in [0.4, 0.5) is 0 Å². The van der Waals surface area contributed by atoms with Crippen molar-refractivity contribution in [3.63, 3.8) is 0 Å². The molecule has 0 bridgehead atoms. The molecule has 0 saturated carbocycles. The van der Waals surface area contributed by atoms with E-state index in [1.165, 1.54) is 6.92 Å². The van der Waals surface area contributed by atoms with E-state index in [-0.39, 0.29) is 24.2 Å². The number of carbonyl (C=O) groups is 7. The van der Waals surface area contributed by atoms with E-state index in [0.717, 1.165) is 6.42 Å². The standard InChI is InChI=1S/C27H46N6O10/c1-13(2)9-17(31-23(38)16-7-6-8-28-16)24(39)29-15(5)22(37)30-18(10-14(3)4)25(40)33-20(12-34)26(41)32-19(27(42)43)11-21(35)36/h13-20,28,34H,6-12H2,1-5H3,(H,29,39)(H,30,37)(H,31,38)(H,32,41)(H,33,40)(H,35,36)(H,42,43). The molecule has 0 aromatic heterocycles. The van der Waals surface area contributed by atoms with Crippen molar-refractivity contribution in [3.05, 3.63) is 0 Å². The monoisotopic (exact) mass is 614 g/mol. The highest BCUT2D eigenvalue weighted by Gasteiger charge is 2.33. The van der Waals surface area contributed by atoms with Gasteiger partial charge in [0.05, 0.1) is 19.1 Å². The lowest BCUT2D eigenvalue weighted by Gasteiger charge is -2.26. The molecule has 16 nitrogen and oxygen atoms in total. The Morgan fingerprint density at radius 2 is 1.19 bits per heavy atom. The highest BCUT2D eigenvalue weighted by Crippen LogP contribution is 2.10. The zero-order valence-corrected chi connectivity index (χ0v) is 25.3. The van der Waals surface area contributed by atoms with Gasteiger partial charge in [-0.05, 0) is 51.0 Å². The molecule has 9 N–H and O–H groups in total. The van der Waals surface area contributed by atoms with Crippen molar-refractivity contribution in [2.24, 2.45) is 11.8 Å². The fourth-order valence-corrected chi connectivity index (χ4v) is 4.38. The van der Waals surface area contributed by atoms with E-state index in [0.29, 0.717) is 19.4 Å². The number of rotatable bonds is 18. The molecule has 1 aliphatic heterocycles. The number of aliphatic carboxylic acids is 2. The number of carbonyl (C=O) groups excluding carboxylic acids is 5. The molecular weight excluding hydrogens is 568 g/mol. The molecule has 1 saturated heterocycles. The zero-order chi connectivity index (χ0) is 32.9. The molecule has 6 atom stereocenters. The van der Waals surface area contributed by atoms with Crippen LogP contribution in [0.5, 0.6) is 0 Å². The number of hydrogen-bond acceptors (Lipinski definition) is 9. The van der Waals surface area contributed by atoms with Crippen molar-refractivity contribution in [1.29, 1.82) is 0 Å². The van der Waals surface area contributed by atoms with Gasteiger partial charge in [0.15, 0.2) is 0 Å². The summed E-state index contributed by atoms with van der Waals surface area (Å²) in [6.07, 6.45) is 1.01. The molecule has 5 amide bonds. The maximum atomic E-state index is 13.0. The van der Waals surface area contributed by atoms with Gasteiger partial charge in [0, 0.05) is 0 Å². The van der Waals surface area contributed by atoms with Gasteiger partial charge >= 0.3 is 11.9 Å². The summed E-state index contributed by atoms with van der Waals surface area (Å²) in [5.74, 6) is -6.76. The molecule has 0 aromatic carbocycles. The Balaban J connectivity index is 2.90. The van der Waals surface area contributed by atoms with E-state index in [1.54, 1.807) is 13.8 Å². The van der Waals surface area contributed by atoms with Crippen molar-refractivity contribution in [2.75, 3.05) is 13.2 Å². The second-order valence-corrected chi connectivity index (χ2v) is 11.5. The zero-order valence-electron chi connectivity index (χ0n) is 25.3. The van der Waals surface area contributed by atoms with Crippen molar-refractivity contribution >= 4 is 41.5 Å². The maximum absolute atomic E-state index is 13.0. The third kappa shape index (κ3) is 13.4. The molecule has 6 unspecified atom stereocenters. The Labute approximate surface area is 250 Å². The Morgan fingerprint density at radius 1 is 0.698 bits per heavy atom. The molecule has 1 rings (SSSR count). The van der Waals surface area contributed by atoms with Crippen LogP contribution >= 0.6 is 0 Å². The number of hydrogen-bond donors (Lipinski definition) is 9. The fourth-order valence-electron chi connectivity index (χ4n) is 4.38. The van der Waals surface area contributed by atoms with E-state index < -0.39 is 84.8 Å². The van der Waals surface area contributed by atoms with Crippen LogP contribution in [0.2, 0.25) is 0 Å². The Hall–Kier alpha value is -3.79. The van der Waals surface area contributed by atoms with Crippen LogP contribution < -0.4 is 31.9 Å². The molecule has 244 valence electrons. The first kappa shape index (κ1) is 37.2. The van der Waals surface area contributed by atoms with Gasteiger partial charge in [0.25, 0.3) is 0 Å². The van der Waals surface area contributed by atoms with Crippen LogP contribution in [0.1, 0.15) is 66.7 Å². The van der Waals surface area contributed by atoms with Gasteiger partial charge < -0.3 is 47.2 Å². The molecule has 43 heavy (non-hydrogen) atoms. The van der Waals surface area contributed by atoms with Crippen molar-refractivity contribution in [1.82, 2.24) is 31.9 Å². The number of amides is 5. The van der Waals surface area contributed by atoms with E-state index >= 15 is 0 Å². The summed E-state index contributed by atoms with van der Waals surface area (Å²) < 4.78 is 0. The number of nitrogens with one attached hydrogen (secondary N) is 6. The molecule has 0 aromatic rings. The molecule has 1 fully saturated rings. The van der Waals surface area contributed by atoms with Crippen molar-refractivity contribution < 1.29 is 48.9 Å². The summed E-state index contributed by atoms with van der Waals surface area (Å²) in [5.41, 5.74) is 0. The van der Waals surface area contributed by atoms with E-state index in [1.807, 2.05) is 19.2 Å². The Bertz CT molecular complexity index is 1010. The van der Waals surface area contributed by atoms with Crippen molar-refractivity contribution in [2.45, 2.75) is 103 Å². The summed E-state index contributed by atoms with van der Waals surface area (Å²) in [6, 6.07) is -7.04. The minimum absolute atomic E-state index is 0.0578. The summed E-state index contributed by atoms with van der Waals surface area (Å²) in [5, 5.41) is 42.8. The highest BCUT2D eigenvalue weighted by atomic mass is 16.4. The minimum Gasteiger partial charge on any atom is -0.481 e. The van der Waals surface area contributed by atoms with Crippen LogP contribution in [0.25, 0.3) is 0 Å². The molecule has 16 heteroatoms. The summed E-state index contributed by atoms with van der Waals surface area (Å²) in [6.45, 7) is 8.50. The van der Waals surface area contributed by atoms with Gasteiger partial charge in [-0.25, -0.2) is 4.79 Å². The van der Waals surface area contributed by atoms with Gasteiger partial charge in [0.1, 0.15) is 30.2 Å². The average Bonchev–Trinajstić information content (AvgIpc) is 3.44. The molecule has 1 aliphatic rings. The van der Waals surface area contributed by atoms with Crippen LogP contribution in [-0.4, -0.2) is 106 Å². The quantitative estimate of drug-likeness (QED) is 0.0803. The van der Waals surface area contributed by atoms with Crippen LogP contribution in [0, 0.1) is 11.8 Å². The van der Waals surface area contributed by atoms with Crippen molar-refractivity contribution in [3.8, 4) is 0 Å². The maximum Gasteiger partial charge on any atom is 0.326 e. The SMILES string of the molecule is CC(C)CC(NC(=O)C(C)NC(=O)C(CC(C)C)NC(=O)C1CCCN1)C(=O)NC(CO)C(=O)NC(CC(=O)O)C(=O)O. The second-order valence-electron chi connectivity index (χ2n) is 11.5. The topological polar surface area (TPSA) is 252 Å². The third-order valence-electron chi connectivity index (χ3n) is 6.62. The lowest BCUT2D eigenvalue weighted by molar-refractivity contribution is -0.147. The molecule has 0 radical (unpaired) electrons. The van der Waals surface area contributed by atoms with Crippen LogP contribution in [-0.2, 0) is 33.6 Å². The smallest absolute Gasteiger partial charge is 0.326 e. The first-order valence-electron chi connectivity index (χ1n) is 14.4. The summed E-state index contributed by atoms with van der Waals surface area (Å²) >= 11 is 0. The van der Waals surface area contributed by atoms with Gasteiger partial charge in [0.2, 0.25) is 29.5 Å². The number of carboxylic acids is 2. The number of carboxylic acid groups (broad SMARTS) is 2. The molecule has 1 heterocycles. The van der Waals surface area contributed by atoms with E-state index in [9.17, 15) is 38.7 Å². The van der Waals surface area contributed by atoms with Gasteiger partial charge in [-0.2, -0.15) is 0 Å². The fraction of sp³-hybridized carbons (Fsp3) is 0.741. The minimum atomic E-state index is -1.80. The lowest BCUT2D eigenvalue weighted by atomic mass is 10.0. The van der Waals surface area contributed by atoms with E-state index in [4.69, 9.17) is 10.2 Å². The predicted octanol–water partition coefficient (Wildman–Crippen LogP) is -2.17. The molecule has 0 spiro atoms. The number of aliphatic hydroxyl groups excluding tert-OH is 1. The normalized spacial score (nSPS) is 18.1. The van der Waals surface area contributed by atoms with Gasteiger partial charge in [-0.3, -0.25) is 28.8 Å². The van der Waals surface area contributed by atoms with Crippen LogP contribution in [0.15, 0.2) is 0 Å². The largest absolute Gasteiger partial charge is 0.481 e. The molecular formula is C27H46N6O10. The van der Waals surface area contributed by atoms with Gasteiger partial charge in [-0.15, -0.1) is 0 Å². The third-order valence-corrected chi connectivity index (χ3v) is 6.62. The average molecular weight is 615 g/mol.